The highest BCUT2D eigenvalue weighted by Gasteiger charge is 2.21. The predicted molar refractivity (Wildman–Crippen MR) is 69.2 cm³/mol. The first-order valence-corrected chi connectivity index (χ1v) is 6.33. The Kier molecular flexibility index (Phi) is 4.64. The maximum Gasteiger partial charge on any atom is 0.326 e. The molecule has 0 aliphatic rings. The Morgan fingerprint density at radius 1 is 1.52 bits per heavy atom. The number of carbonyl (C=O) groups excluding carboxylic acids is 1. The summed E-state index contributed by atoms with van der Waals surface area (Å²) in [5, 5.41) is 15.2. The number of amides is 1. The van der Waals surface area contributed by atoms with Crippen LogP contribution < -0.4 is 5.32 Å². The molecule has 0 saturated carbocycles. The van der Waals surface area contributed by atoms with E-state index in [0.717, 1.165) is 0 Å². The average Bonchev–Trinajstić information content (AvgIpc) is 3.07. The average molecular weight is 293 g/mol. The quantitative estimate of drug-likeness (QED) is 0.646. The van der Waals surface area contributed by atoms with Gasteiger partial charge in [-0.25, -0.2) is 9.78 Å². The van der Waals surface area contributed by atoms with Gasteiger partial charge in [-0.2, -0.15) is 4.98 Å². The molecule has 0 unspecified atom stereocenters. The van der Waals surface area contributed by atoms with Crippen LogP contribution in [0.3, 0.4) is 0 Å². The third kappa shape index (κ3) is 4.41. The lowest BCUT2D eigenvalue weighted by Gasteiger charge is -2.13. The molecule has 3 N–H and O–H groups in total. The summed E-state index contributed by atoms with van der Waals surface area (Å²) >= 11 is 0. The van der Waals surface area contributed by atoms with Crippen LogP contribution in [0.15, 0.2) is 17.0 Å². The Morgan fingerprint density at radius 3 is 2.90 bits per heavy atom. The molecule has 0 spiro atoms. The van der Waals surface area contributed by atoms with Crippen LogP contribution in [-0.2, 0) is 22.4 Å². The maximum atomic E-state index is 11.8. The number of aromatic amines is 1. The minimum atomic E-state index is -1.11. The van der Waals surface area contributed by atoms with Crippen molar-refractivity contribution < 1.29 is 19.2 Å². The van der Waals surface area contributed by atoms with Crippen molar-refractivity contribution >= 4 is 11.9 Å². The lowest BCUT2D eigenvalue weighted by Crippen LogP contribution is -2.42. The molecule has 1 amide bonds. The van der Waals surface area contributed by atoms with Crippen molar-refractivity contribution in [2.75, 3.05) is 0 Å². The molecule has 0 aliphatic heterocycles. The monoisotopic (exact) mass is 293 g/mol. The number of hydrogen-bond donors (Lipinski definition) is 3. The molecule has 1 atom stereocenters. The minimum absolute atomic E-state index is 0.0778. The fourth-order valence-electron chi connectivity index (χ4n) is 1.74. The van der Waals surface area contributed by atoms with Gasteiger partial charge in [-0.05, 0) is 6.92 Å². The molecule has 0 bridgehead atoms. The second-order valence-electron chi connectivity index (χ2n) is 4.47. The van der Waals surface area contributed by atoms with Crippen LogP contribution in [0.5, 0.6) is 0 Å². The highest BCUT2D eigenvalue weighted by Crippen LogP contribution is 2.02. The van der Waals surface area contributed by atoms with E-state index in [9.17, 15) is 9.59 Å². The van der Waals surface area contributed by atoms with Crippen LogP contribution in [0.1, 0.15) is 23.8 Å². The number of carboxylic acids is 1. The molecular weight excluding hydrogens is 278 g/mol. The molecule has 2 heterocycles. The number of aromatic nitrogens is 4. The van der Waals surface area contributed by atoms with Crippen molar-refractivity contribution in [3.63, 3.8) is 0 Å². The van der Waals surface area contributed by atoms with E-state index < -0.39 is 17.9 Å². The fourth-order valence-corrected chi connectivity index (χ4v) is 1.74. The van der Waals surface area contributed by atoms with Crippen LogP contribution in [-0.4, -0.2) is 43.1 Å². The zero-order valence-electron chi connectivity index (χ0n) is 11.4. The number of nitrogens with one attached hydrogen (secondary N) is 2. The summed E-state index contributed by atoms with van der Waals surface area (Å²) in [7, 11) is 0. The number of H-pyrrole nitrogens is 1. The number of carbonyl (C=O) groups is 2. The topological polar surface area (TPSA) is 134 Å². The van der Waals surface area contributed by atoms with Crippen LogP contribution in [0.25, 0.3) is 0 Å². The largest absolute Gasteiger partial charge is 0.480 e. The molecular formula is C12H15N5O4. The predicted octanol–water partition coefficient (Wildman–Crippen LogP) is -0.154. The Morgan fingerprint density at radius 2 is 2.33 bits per heavy atom. The van der Waals surface area contributed by atoms with E-state index >= 15 is 0 Å². The van der Waals surface area contributed by atoms with Crippen molar-refractivity contribution in [2.45, 2.75) is 32.2 Å². The zero-order valence-corrected chi connectivity index (χ0v) is 11.4. The maximum absolute atomic E-state index is 11.8. The van der Waals surface area contributed by atoms with Crippen molar-refractivity contribution in [2.24, 2.45) is 0 Å². The van der Waals surface area contributed by atoms with E-state index in [1.807, 2.05) is 0 Å². The van der Waals surface area contributed by atoms with Gasteiger partial charge < -0.3 is 19.9 Å². The zero-order chi connectivity index (χ0) is 15.2. The van der Waals surface area contributed by atoms with E-state index in [-0.39, 0.29) is 19.3 Å². The molecule has 9 heteroatoms. The number of nitrogens with zero attached hydrogens (tertiary/aromatic N) is 3. The van der Waals surface area contributed by atoms with Gasteiger partial charge in [0.05, 0.1) is 6.33 Å². The van der Waals surface area contributed by atoms with Crippen LogP contribution >= 0.6 is 0 Å². The summed E-state index contributed by atoms with van der Waals surface area (Å²) in [5.41, 5.74) is 0.634. The number of aryl methyl sites for hydroxylation is 2. The molecule has 112 valence electrons. The number of imidazole rings is 1. The van der Waals surface area contributed by atoms with Gasteiger partial charge in [-0.1, -0.05) is 5.16 Å². The number of rotatable bonds is 7. The summed E-state index contributed by atoms with van der Waals surface area (Å²) in [6.45, 7) is 1.68. The van der Waals surface area contributed by atoms with Crippen molar-refractivity contribution in [1.82, 2.24) is 25.4 Å². The molecule has 0 fully saturated rings. The number of aliphatic carboxylic acids is 1. The van der Waals surface area contributed by atoms with Crippen LogP contribution in [0.4, 0.5) is 0 Å². The second-order valence-corrected chi connectivity index (χ2v) is 4.47. The van der Waals surface area contributed by atoms with E-state index in [1.54, 1.807) is 6.92 Å². The lowest BCUT2D eigenvalue weighted by molar-refractivity contribution is -0.141. The van der Waals surface area contributed by atoms with Gasteiger partial charge in [0.25, 0.3) is 0 Å². The first-order chi connectivity index (χ1) is 10.0. The van der Waals surface area contributed by atoms with Crippen LogP contribution in [0, 0.1) is 6.92 Å². The van der Waals surface area contributed by atoms with Gasteiger partial charge in [0.1, 0.15) is 6.04 Å². The van der Waals surface area contributed by atoms with Gasteiger partial charge >= 0.3 is 5.97 Å². The normalized spacial score (nSPS) is 12.0. The molecule has 21 heavy (non-hydrogen) atoms. The van der Waals surface area contributed by atoms with Gasteiger partial charge in [0.15, 0.2) is 5.82 Å². The number of carboxylic acid groups (broad SMARTS) is 1. The molecule has 2 rings (SSSR count). The Labute approximate surface area is 119 Å². The van der Waals surface area contributed by atoms with E-state index in [0.29, 0.717) is 17.4 Å². The summed E-state index contributed by atoms with van der Waals surface area (Å²) in [6.07, 6.45) is 3.45. The first kappa shape index (κ1) is 14.7. The van der Waals surface area contributed by atoms with Crippen molar-refractivity contribution in [3.8, 4) is 0 Å². The third-order valence-corrected chi connectivity index (χ3v) is 2.75. The highest BCUT2D eigenvalue weighted by atomic mass is 16.5. The van der Waals surface area contributed by atoms with Gasteiger partial charge in [0, 0.05) is 31.2 Å². The lowest BCUT2D eigenvalue weighted by atomic mass is 10.1. The van der Waals surface area contributed by atoms with Gasteiger partial charge in [-0.15, -0.1) is 0 Å². The molecule has 2 aromatic heterocycles. The van der Waals surface area contributed by atoms with Crippen LogP contribution in [0.2, 0.25) is 0 Å². The summed E-state index contributed by atoms with van der Waals surface area (Å²) < 4.78 is 4.88. The molecule has 0 radical (unpaired) electrons. The van der Waals surface area contributed by atoms with E-state index in [4.69, 9.17) is 9.63 Å². The standard InChI is InChI=1S/C12H15N5O4/c1-7-15-11(21-17-7)3-2-10(18)16-9(12(19)20)4-8-5-13-6-14-8/h5-6,9H,2-4H2,1H3,(H,13,14)(H,16,18)(H,19,20)/t9-/m1/s1. The Bertz CT molecular complexity index is 607. The summed E-state index contributed by atoms with van der Waals surface area (Å²) in [6, 6.07) is -1.01. The molecule has 2 aromatic rings. The van der Waals surface area contributed by atoms with Crippen molar-refractivity contribution in [3.05, 3.63) is 29.9 Å². The molecule has 0 aromatic carbocycles. The summed E-state index contributed by atoms with van der Waals surface area (Å²) in [5.74, 6) is -0.652. The Hall–Kier alpha value is -2.71. The summed E-state index contributed by atoms with van der Waals surface area (Å²) in [4.78, 5) is 33.5. The van der Waals surface area contributed by atoms with E-state index in [1.165, 1.54) is 12.5 Å². The smallest absolute Gasteiger partial charge is 0.326 e. The Balaban J connectivity index is 1.84. The van der Waals surface area contributed by atoms with E-state index in [2.05, 4.69) is 25.4 Å². The van der Waals surface area contributed by atoms with Crippen molar-refractivity contribution in [1.29, 1.82) is 0 Å². The second kappa shape index (κ2) is 6.64. The fraction of sp³-hybridized carbons (Fsp3) is 0.417. The highest BCUT2D eigenvalue weighted by molar-refractivity contribution is 5.83. The molecule has 9 nitrogen and oxygen atoms in total. The number of hydrogen-bond acceptors (Lipinski definition) is 6. The third-order valence-electron chi connectivity index (χ3n) is 2.75. The van der Waals surface area contributed by atoms with Gasteiger partial charge in [0.2, 0.25) is 11.8 Å². The first-order valence-electron chi connectivity index (χ1n) is 6.33. The van der Waals surface area contributed by atoms with Gasteiger partial charge in [-0.3, -0.25) is 4.79 Å². The molecule has 0 aliphatic carbocycles. The molecule has 0 saturated heterocycles. The minimum Gasteiger partial charge on any atom is -0.480 e. The SMILES string of the molecule is Cc1noc(CCC(=O)N[C@H](Cc2cnc[nH]2)C(=O)O)n1.